The molecule has 0 saturated heterocycles. The largest absolute Gasteiger partial charge is 0.497 e. The summed E-state index contributed by atoms with van der Waals surface area (Å²) in [6.45, 7) is 3.99. The Balaban J connectivity index is 1.73. The fourth-order valence-corrected chi connectivity index (χ4v) is 3.06. The second kappa shape index (κ2) is 8.54. The standard InChI is InChI=1S/C22H23N3O3/c1-15-13-18(16(2)25(15)19-9-11-20(28-3)12-10-19)14-23-24-22(27)21(26)17-7-5-4-6-8-17/h4-14,21,26H,1-3H3,(H,24,27)/b23-14-/t21-/m0/s1. The molecule has 2 aromatic carbocycles. The number of benzene rings is 2. The SMILES string of the molecule is COc1ccc(-n2c(C)cc(/C=N\NC(=O)[C@@H](O)c3ccccc3)c2C)cc1. The van der Waals surface area contributed by atoms with Gasteiger partial charge in [0.2, 0.25) is 0 Å². The van der Waals surface area contributed by atoms with Gasteiger partial charge in [0.15, 0.2) is 6.10 Å². The summed E-state index contributed by atoms with van der Waals surface area (Å²) in [7, 11) is 1.64. The van der Waals surface area contributed by atoms with Crippen molar-refractivity contribution < 1.29 is 14.6 Å². The van der Waals surface area contributed by atoms with Gasteiger partial charge in [-0.05, 0) is 49.7 Å². The number of aliphatic hydroxyl groups excluding tert-OH is 1. The summed E-state index contributed by atoms with van der Waals surface area (Å²) in [4.78, 5) is 12.1. The van der Waals surface area contributed by atoms with Crippen molar-refractivity contribution in [1.82, 2.24) is 9.99 Å². The topological polar surface area (TPSA) is 75.8 Å². The molecule has 0 unspecified atom stereocenters. The Morgan fingerprint density at radius 3 is 2.46 bits per heavy atom. The third-order valence-corrected chi connectivity index (χ3v) is 4.54. The van der Waals surface area contributed by atoms with Crippen LogP contribution in [-0.2, 0) is 4.79 Å². The van der Waals surface area contributed by atoms with Gasteiger partial charge >= 0.3 is 0 Å². The molecule has 0 bridgehead atoms. The van der Waals surface area contributed by atoms with Gasteiger partial charge in [-0.2, -0.15) is 5.10 Å². The summed E-state index contributed by atoms with van der Waals surface area (Å²) in [5, 5.41) is 14.1. The number of nitrogens with one attached hydrogen (secondary N) is 1. The molecule has 144 valence electrons. The normalized spacial score (nSPS) is 12.1. The van der Waals surface area contributed by atoms with Crippen molar-refractivity contribution in [3.05, 3.63) is 83.2 Å². The molecule has 0 aliphatic carbocycles. The van der Waals surface area contributed by atoms with Crippen LogP contribution in [0.2, 0.25) is 0 Å². The van der Waals surface area contributed by atoms with Gasteiger partial charge < -0.3 is 14.4 Å². The lowest BCUT2D eigenvalue weighted by Crippen LogP contribution is -2.25. The molecule has 6 nitrogen and oxygen atoms in total. The van der Waals surface area contributed by atoms with Gasteiger partial charge in [-0.15, -0.1) is 0 Å². The Morgan fingerprint density at radius 1 is 1.14 bits per heavy atom. The molecule has 0 fully saturated rings. The molecule has 3 aromatic rings. The maximum absolute atomic E-state index is 12.1. The number of carbonyl (C=O) groups is 1. The van der Waals surface area contributed by atoms with Crippen molar-refractivity contribution >= 4 is 12.1 Å². The highest BCUT2D eigenvalue weighted by atomic mass is 16.5. The lowest BCUT2D eigenvalue weighted by Gasteiger charge is -2.10. The first-order valence-corrected chi connectivity index (χ1v) is 8.90. The zero-order chi connectivity index (χ0) is 20.1. The van der Waals surface area contributed by atoms with E-state index in [1.807, 2.05) is 50.2 Å². The van der Waals surface area contributed by atoms with E-state index in [1.54, 1.807) is 37.6 Å². The van der Waals surface area contributed by atoms with Gasteiger partial charge in [0.1, 0.15) is 5.75 Å². The van der Waals surface area contributed by atoms with Crippen molar-refractivity contribution in [2.75, 3.05) is 7.11 Å². The van der Waals surface area contributed by atoms with Crippen LogP contribution in [0.15, 0.2) is 65.8 Å². The number of nitrogens with zero attached hydrogens (tertiary/aromatic N) is 2. The summed E-state index contributed by atoms with van der Waals surface area (Å²) in [6, 6.07) is 18.5. The van der Waals surface area contributed by atoms with Crippen LogP contribution in [0.5, 0.6) is 5.75 Å². The van der Waals surface area contributed by atoms with Crippen molar-refractivity contribution in [1.29, 1.82) is 0 Å². The molecule has 1 atom stereocenters. The Bertz CT molecular complexity index is 976. The van der Waals surface area contributed by atoms with Gasteiger partial charge in [0.05, 0.1) is 13.3 Å². The van der Waals surface area contributed by atoms with E-state index in [1.165, 1.54) is 0 Å². The molecule has 0 aliphatic heterocycles. The summed E-state index contributed by atoms with van der Waals surface area (Å²) in [5.74, 6) is 0.221. The minimum Gasteiger partial charge on any atom is -0.497 e. The van der Waals surface area contributed by atoms with Crippen LogP contribution in [-0.4, -0.2) is 28.9 Å². The molecule has 0 radical (unpaired) electrons. The van der Waals surface area contributed by atoms with Crippen LogP contribution in [0.1, 0.15) is 28.6 Å². The van der Waals surface area contributed by atoms with E-state index in [-0.39, 0.29) is 0 Å². The number of aliphatic hydroxyl groups is 1. The average molecular weight is 377 g/mol. The number of aromatic nitrogens is 1. The summed E-state index contributed by atoms with van der Waals surface area (Å²) in [6.07, 6.45) is 0.322. The van der Waals surface area contributed by atoms with Crippen molar-refractivity contribution in [2.45, 2.75) is 20.0 Å². The second-order valence-corrected chi connectivity index (χ2v) is 6.41. The summed E-state index contributed by atoms with van der Waals surface area (Å²) in [5.41, 5.74) is 6.84. The Kier molecular flexibility index (Phi) is 5.91. The number of hydrogen-bond acceptors (Lipinski definition) is 4. The van der Waals surface area contributed by atoms with Crippen LogP contribution in [0, 0.1) is 13.8 Å². The molecule has 0 saturated carbocycles. The van der Waals surface area contributed by atoms with E-state index in [0.717, 1.165) is 28.4 Å². The van der Waals surface area contributed by atoms with Crippen molar-refractivity contribution in [3.8, 4) is 11.4 Å². The molecule has 3 rings (SSSR count). The predicted octanol–water partition coefficient (Wildman–Crippen LogP) is 3.29. The highest BCUT2D eigenvalue weighted by Crippen LogP contribution is 2.22. The zero-order valence-corrected chi connectivity index (χ0v) is 16.1. The van der Waals surface area contributed by atoms with Crippen molar-refractivity contribution in [2.24, 2.45) is 5.10 Å². The number of hydrazone groups is 1. The highest BCUT2D eigenvalue weighted by Gasteiger charge is 2.16. The van der Waals surface area contributed by atoms with Crippen LogP contribution >= 0.6 is 0 Å². The fourth-order valence-electron chi connectivity index (χ4n) is 3.06. The van der Waals surface area contributed by atoms with Gasteiger partial charge in [0.25, 0.3) is 5.91 Å². The Labute approximate surface area is 164 Å². The molecule has 1 amide bonds. The summed E-state index contributed by atoms with van der Waals surface area (Å²) >= 11 is 0. The van der Waals surface area contributed by atoms with E-state index in [2.05, 4.69) is 15.1 Å². The first-order chi connectivity index (χ1) is 13.5. The number of hydrogen-bond donors (Lipinski definition) is 2. The van der Waals surface area contributed by atoms with Crippen LogP contribution < -0.4 is 10.2 Å². The molecule has 1 heterocycles. The highest BCUT2D eigenvalue weighted by molar-refractivity contribution is 5.86. The maximum Gasteiger partial charge on any atom is 0.273 e. The molecule has 0 aliphatic rings. The van der Waals surface area contributed by atoms with Crippen LogP contribution in [0.25, 0.3) is 5.69 Å². The third-order valence-electron chi connectivity index (χ3n) is 4.54. The molecule has 0 spiro atoms. The van der Waals surface area contributed by atoms with Gasteiger partial charge in [-0.25, -0.2) is 5.43 Å². The first kappa shape index (κ1) is 19.4. The number of aryl methyl sites for hydroxylation is 1. The fraction of sp³-hybridized carbons (Fsp3) is 0.182. The average Bonchev–Trinajstić information content (AvgIpc) is 3.01. The van der Waals surface area contributed by atoms with E-state index in [4.69, 9.17) is 4.74 Å². The quantitative estimate of drug-likeness (QED) is 0.511. The number of methoxy groups -OCH3 is 1. The molecule has 2 N–H and O–H groups in total. The van der Waals surface area contributed by atoms with E-state index >= 15 is 0 Å². The molecule has 6 heteroatoms. The smallest absolute Gasteiger partial charge is 0.273 e. The van der Waals surface area contributed by atoms with E-state index in [9.17, 15) is 9.90 Å². The van der Waals surface area contributed by atoms with Gasteiger partial charge in [-0.1, -0.05) is 30.3 Å². The number of rotatable bonds is 6. The minimum absolute atomic E-state index is 0.521. The summed E-state index contributed by atoms with van der Waals surface area (Å²) < 4.78 is 7.31. The van der Waals surface area contributed by atoms with Gasteiger partial charge in [0, 0.05) is 22.6 Å². The van der Waals surface area contributed by atoms with Crippen LogP contribution in [0.3, 0.4) is 0 Å². The Hall–Kier alpha value is -3.38. The number of carbonyl (C=O) groups excluding carboxylic acids is 1. The molecule has 28 heavy (non-hydrogen) atoms. The molecular weight excluding hydrogens is 354 g/mol. The predicted molar refractivity (Wildman–Crippen MR) is 109 cm³/mol. The van der Waals surface area contributed by atoms with Crippen LogP contribution in [0.4, 0.5) is 0 Å². The van der Waals surface area contributed by atoms with E-state index < -0.39 is 12.0 Å². The monoisotopic (exact) mass is 377 g/mol. The minimum atomic E-state index is -1.26. The number of ether oxygens (including phenoxy) is 1. The van der Waals surface area contributed by atoms with Crippen molar-refractivity contribution in [3.63, 3.8) is 0 Å². The lowest BCUT2D eigenvalue weighted by molar-refractivity contribution is -0.129. The zero-order valence-electron chi connectivity index (χ0n) is 16.1. The Morgan fingerprint density at radius 2 is 1.82 bits per heavy atom. The number of amides is 1. The first-order valence-electron chi connectivity index (χ1n) is 8.90. The van der Waals surface area contributed by atoms with E-state index in [0.29, 0.717) is 5.56 Å². The molecule has 1 aromatic heterocycles. The maximum atomic E-state index is 12.1. The lowest BCUT2D eigenvalue weighted by atomic mass is 10.1. The van der Waals surface area contributed by atoms with Gasteiger partial charge in [-0.3, -0.25) is 4.79 Å². The molecular formula is C22H23N3O3. The second-order valence-electron chi connectivity index (χ2n) is 6.41. The third kappa shape index (κ3) is 4.13.